The van der Waals surface area contributed by atoms with Gasteiger partial charge in [-0.3, -0.25) is 4.84 Å². The van der Waals surface area contributed by atoms with Crippen molar-refractivity contribution < 1.29 is 22.7 Å². The fraction of sp³-hybridized carbons (Fsp3) is 0.429. The molecule has 1 aliphatic heterocycles. The van der Waals surface area contributed by atoms with Gasteiger partial charge >= 0.3 is 0 Å². The van der Waals surface area contributed by atoms with E-state index in [0.717, 1.165) is 16.9 Å². The average molecular weight is 421 g/mol. The Balaban J connectivity index is 1.65. The Labute approximate surface area is 172 Å². The maximum Gasteiger partial charge on any atom is 0.218 e. The van der Waals surface area contributed by atoms with Crippen LogP contribution in [0.25, 0.3) is 0 Å². The lowest BCUT2D eigenvalue weighted by molar-refractivity contribution is -0.110. The Morgan fingerprint density at radius 3 is 2.55 bits per heavy atom. The number of nitrogens with zero attached hydrogens (tertiary/aromatic N) is 1. The minimum Gasteiger partial charge on any atom is -0.489 e. The topological polar surface area (TPSA) is 77.1 Å². The third-order valence-corrected chi connectivity index (χ3v) is 6.68. The van der Waals surface area contributed by atoms with Crippen LogP contribution in [0, 0.1) is 0 Å². The van der Waals surface area contributed by atoms with E-state index in [0.29, 0.717) is 26.2 Å². The molecule has 0 bridgehead atoms. The van der Waals surface area contributed by atoms with E-state index in [1.165, 1.54) is 0 Å². The Hall–Kier alpha value is -1.97. The lowest BCUT2D eigenvalue weighted by Gasteiger charge is -2.23. The normalized spacial score (nSPS) is 20.1. The summed E-state index contributed by atoms with van der Waals surface area (Å²) in [5.74, 6) is 0.733. The molecule has 0 aliphatic carbocycles. The molecule has 1 fully saturated rings. The van der Waals surface area contributed by atoms with Crippen LogP contribution in [0.15, 0.2) is 54.6 Å². The van der Waals surface area contributed by atoms with Gasteiger partial charge in [-0.15, -0.1) is 0 Å². The predicted molar refractivity (Wildman–Crippen MR) is 111 cm³/mol. The lowest BCUT2D eigenvalue weighted by Crippen LogP contribution is -2.39. The number of hydrogen-bond acceptors (Lipinski definition) is 6. The van der Waals surface area contributed by atoms with E-state index < -0.39 is 21.3 Å². The van der Waals surface area contributed by atoms with Gasteiger partial charge < -0.3 is 9.47 Å². The van der Waals surface area contributed by atoms with Crippen LogP contribution >= 0.6 is 0 Å². The molecule has 2 atom stereocenters. The van der Waals surface area contributed by atoms with Gasteiger partial charge in [0.05, 0.1) is 12.6 Å². The molecule has 8 heteroatoms. The highest BCUT2D eigenvalue weighted by Gasteiger charge is 2.42. The molecule has 1 N–H and O–H groups in total. The first-order valence-electron chi connectivity index (χ1n) is 9.61. The Morgan fingerprint density at radius 2 is 1.86 bits per heavy atom. The molecule has 0 saturated carbocycles. The van der Waals surface area contributed by atoms with Crippen molar-refractivity contribution in [3.05, 3.63) is 65.7 Å². The fourth-order valence-corrected chi connectivity index (χ4v) is 4.87. The van der Waals surface area contributed by atoms with Gasteiger partial charge in [0.1, 0.15) is 17.6 Å². The van der Waals surface area contributed by atoms with Crippen molar-refractivity contribution >= 4 is 10.0 Å². The molecule has 2 unspecified atom stereocenters. The van der Waals surface area contributed by atoms with Gasteiger partial charge in [0.15, 0.2) is 0 Å². The van der Waals surface area contributed by atoms with Crippen molar-refractivity contribution in [2.75, 3.05) is 33.9 Å². The molecule has 1 aliphatic rings. The zero-order valence-electron chi connectivity index (χ0n) is 16.8. The molecular weight excluding hydrogens is 392 g/mol. The van der Waals surface area contributed by atoms with Crippen LogP contribution in [-0.4, -0.2) is 52.6 Å². The molecule has 7 nitrogen and oxygen atoms in total. The highest BCUT2D eigenvalue weighted by atomic mass is 32.2. The van der Waals surface area contributed by atoms with Crippen LogP contribution in [0.4, 0.5) is 0 Å². The standard InChI is InChI=1S/C21H28N2O5S/c1-23-21(20(16-28-23)29(24,25)22-13-6-14-26-2)18-9-11-19(12-10-18)27-15-17-7-4-3-5-8-17/h3-5,7-12,20-22H,6,13-16H2,1-2H3. The third kappa shape index (κ3) is 5.77. The summed E-state index contributed by atoms with van der Waals surface area (Å²) in [6.45, 7) is 1.45. The predicted octanol–water partition coefficient (Wildman–Crippen LogP) is 2.51. The van der Waals surface area contributed by atoms with E-state index in [-0.39, 0.29) is 6.61 Å². The maximum absolute atomic E-state index is 12.8. The molecule has 158 valence electrons. The maximum atomic E-state index is 12.8. The number of benzene rings is 2. The molecular formula is C21H28N2O5S. The van der Waals surface area contributed by atoms with Crippen molar-refractivity contribution in [2.45, 2.75) is 24.3 Å². The molecule has 1 saturated heterocycles. The number of sulfonamides is 1. The van der Waals surface area contributed by atoms with E-state index >= 15 is 0 Å². The first-order valence-corrected chi connectivity index (χ1v) is 11.2. The van der Waals surface area contributed by atoms with Gasteiger partial charge in [-0.2, -0.15) is 5.06 Å². The molecule has 0 aromatic heterocycles. The molecule has 2 aromatic carbocycles. The van der Waals surface area contributed by atoms with Gasteiger partial charge in [-0.1, -0.05) is 42.5 Å². The summed E-state index contributed by atoms with van der Waals surface area (Å²) < 4.78 is 39.0. The average Bonchev–Trinajstić information content (AvgIpc) is 3.13. The summed E-state index contributed by atoms with van der Waals surface area (Å²) in [6, 6.07) is 17.0. The van der Waals surface area contributed by atoms with E-state index in [9.17, 15) is 8.42 Å². The zero-order chi connectivity index (χ0) is 20.7. The van der Waals surface area contributed by atoms with Crippen LogP contribution in [0.1, 0.15) is 23.6 Å². The van der Waals surface area contributed by atoms with Gasteiger partial charge in [0, 0.05) is 27.3 Å². The lowest BCUT2D eigenvalue weighted by atomic mass is 10.0. The first-order chi connectivity index (χ1) is 14.0. The van der Waals surface area contributed by atoms with Crippen LogP contribution in [-0.2, 0) is 26.2 Å². The fourth-order valence-electron chi connectivity index (χ4n) is 3.32. The Bertz CT molecular complexity index is 858. The third-order valence-electron chi connectivity index (χ3n) is 4.88. The number of nitrogens with one attached hydrogen (secondary N) is 1. The molecule has 29 heavy (non-hydrogen) atoms. The quantitative estimate of drug-likeness (QED) is 0.595. The molecule has 0 spiro atoms. The second-order valence-electron chi connectivity index (χ2n) is 6.95. The summed E-state index contributed by atoms with van der Waals surface area (Å²) in [4.78, 5) is 5.54. The molecule has 2 aromatic rings. The minimum absolute atomic E-state index is 0.118. The van der Waals surface area contributed by atoms with Crippen LogP contribution < -0.4 is 9.46 Å². The Kier molecular flexibility index (Phi) is 7.63. The van der Waals surface area contributed by atoms with Crippen molar-refractivity contribution in [1.82, 2.24) is 9.79 Å². The largest absolute Gasteiger partial charge is 0.489 e. The second-order valence-corrected chi connectivity index (χ2v) is 8.94. The smallest absolute Gasteiger partial charge is 0.218 e. The first kappa shape index (κ1) is 21.7. The molecule has 0 amide bonds. The monoisotopic (exact) mass is 420 g/mol. The number of methoxy groups -OCH3 is 1. The van der Waals surface area contributed by atoms with Crippen LogP contribution in [0.2, 0.25) is 0 Å². The van der Waals surface area contributed by atoms with Gasteiger partial charge in [0.25, 0.3) is 0 Å². The van der Waals surface area contributed by atoms with E-state index in [4.69, 9.17) is 14.3 Å². The van der Waals surface area contributed by atoms with E-state index in [2.05, 4.69) is 4.72 Å². The molecule has 0 radical (unpaired) electrons. The number of hydroxylamine groups is 2. The highest BCUT2D eigenvalue weighted by Crippen LogP contribution is 2.34. The van der Waals surface area contributed by atoms with Crippen LogP contribution in [0.5, 0.6) is 5.75 Å². The zero-order valence-corrected chi connectivity index (χ0v) is 17.6. The molecule has 3 rings (SSSR count). The summed E-state index contributed by atoms with van der Waals surface area (Å²) in [6.07, 6.45) is 0.622. The number of rotatable bonds is 10. The number of ether oxygens (including phenoxy) is 2. The SMILES string of the molecule is COCCCNS(=O)(=O)C1CON(C)C1c1ccc(OCc2ccccc2)cc1. The van der Waals surface area contributed by atoms with Gasteiger partial charge in [-0.05, 0) is 29.7 Å². The van der Waals surface area contributed by atoms with E-state index in [1.54, 1.807) is 19.2 Å². The van der Waals surface area contributed by atoms with Crippen molar-refractivity contribution in [1.29, 1.82) is 0 Å². The second kappa shape index (κ2) is 10.2. The van der Waals surface area contributed by atoms with Gasteiger partial charge in [-0.25, -0.2) is 13.1 Å². The van der Waals surface area contributed by atoms with Crippen molar-refractivity contribution in [3.8, 4) is 5.75 Å². The minimum atomic E-state index is -3.53. The van der Waals surface area contributed by atoms with Crippen LogP contribution in [0.3, 0.4) is 0 Å². The Morgan fingerprint density at radius 1 is 1.14 bits per heavy atom. The van der Waals surface area contributed by atoms with Crippen molar-refractivity contribution in [2.24, 2.45) is 0 Å². The van der Waals surface area contributed by atoms with Gasteiger partial charge in [0.2, 0.25) is 10.0 Å². The molecule has 1 heterocycles. The number of hydrogen-bond donors (Lipinski definition) is 1. The summed E-state index contributed by atoms with van der Waals surface area (Å²) in [5, 5.41) is 0.921. The highest BCUT2D eigenvalue weighted by molar-refractivity contribution is 7.90. The van der Waals surface area contributed by atoms with E-state index in [1.807, 2.05) is 54.6 Å². The summed E-state index contributed by atoms with van der Waals surface area (Å²) in [7, 11) is -0.181. The van der Waals surface area contributed by atoms with Crippen molar-refractivity contribution in [3.63, 3.8) is 0 Å². The summed E-state index contributed by atoms with van der Waals surface area (Å²) >= 11 is 0. The summed E-state index contributed by atoms with van der Waals surface area (Å²) in [5.41, 5.74) is 1.95.